The van der Waals surface area contributed by atoms with Gasteiger partial charge in [-0.1, -0.05) is 6.07 Å². The molecule has 94 valence electrons. The molecule has 0 bridgehead atoms. The van der Waals surface area contributed by atoms with Gasteiger partial charge in [-0.15, -0.1) is 11.8 Å². The Hall–Kier alpha value is -1.51. The number of hydrogen-bond acceptors (Lipinski definition) is 4. The molecule has 2 unspecified atom stereocenters. The van der Waals surface area contributed by atoms with E-state index in [2.05, 4.69) is 11.4 Å². The smallest absolute Gasteiger partial charge is 0.237 e. The van der Waals surface area contributed by atoms with E-state index in [1.165, 1.54) is 0 Å². The molecular formula is C13H15N3OS. The number of rotatable bonds is 3. The van der Waals surface area contributed by atoms with Crippen molar-refractivity contribution >= 4 is 23.4 Å². The summed E-state index contributed by atoms with van der Waals surface area (Å²) in [4.78, 5) is 12.7. The van der Waals surface area contributed by atoms with Crippen LogP contribution in [0.4, 0.5) is 5.69 Å². The minimum absolute atomic E-state index is 0.0234. The number of nitrogens with one attached hydrogen (secondary N) is 1. The van der Waals surface area contributed by atoms with Crippen LogP contribution < -0.4 is 11.1 Å². The van der Waals surface area contributed by atoms with Crippen molar-refractivity contribution in [1.29, 1.82) is 5.26 Å². The Morgan fingerprint density at radius 3 is 3.11 bits per heavy atom. The third-order valence-electron chi connectivity index (χ3n) is 2.93. The highest BCUT2D eigenvalue weighted by atomic mass is 32.2. The zero-order valence-corrected chi connectivity index (χ0v) is 11.0. The van der Waals surface area contributed by atoms with E-state index in [1.54, 1.807) is 11.8 Å². The number of nitriles is 1. The van der Waals surface area contributed by atoms with E-state index in [4.69, 9.17) is 11.0 Å². The van der Waals surface area contributed by atoms with Crippen molar-refractivity contribution in [2.45, 2.75) is 36.0 Å². The van der Waals surface area contributed by atoms with Crippen LogP contribution in [0.15, 0.2) is 23.1 Å². The summed E-state index contributed by atoms with van der Waals surface area (Å²) in [5.41, 5.74) is 7.79. The van der Waals surface area contributed by atoms with Gasteiger partial charge >= 0.3 is 0 Å². The van der Waals surface area contributed by atoms with Crippen molar-refractivity contribution in [1.82, 2.24) is 0 Å². The van der Waals surface area contributed by atoms with Gasteiger partial charge in [0.15, 0.2) is 0 Å². The molecule has 1 aromatic carbocycles. The van der Waals surface area contributed by atoms with Crippen molar-refractivity contribution in [2.24, 2.45) is 5.73 Å². The highest BCUT2D eigenvalue weighted by Crippen LogP contribution is 2.36. The standard InChI is InChI=1S/C13H15N3OS/c1-8-13(17)16-11-7-9(4-5-12(11)18-8)10(15)3-2-6-14/h4-5,7-8,10H,2-3,15H2,1H3,(H,16,17). The van der Waals surface area contributed by atoms with E-state index in [9.17, 15) is 4.79 Å². The maximum absolute atomic E-state index is 11.6. The van der Waals surface area contributed by atoms with Crippen molar-refractivity contribution in [2.75, 3.05) is 5.32 Å². The number of hydrogen-bond donors (Lipinski definition) is 2. The average Bonchev–Trinajstić information content (AvgIpc) is 2.36. The van der Waals surface area contributed by atoms with Gasteiger partial charge < -0.3 is 11.1 Å². The minimum atomic E-state index is -0.156. The van der Waals surface area contributed by atoms with Crippen LogP contribution in [-0.2, 0) is 4.79 Å². The van der Waals surface area contributed by atoms with Crippen molar-refractivity contribution in [3.63, 3.8) is 0 Å². The molecule has 1 heterocycles. The lowest BCUT2D eigenvalue weighted by atomic mass is 10.0. The van der Waals surface area contributed by atoms with E-state index in [-0.39, 0.29) is 17.2 Å². The molecule has 0 spiro atoms. The van der Waals surface area contributed by atoms with Crippen LogP contribution in [0.5, 0.6) is 0 Å². The molecular weight excluding hydrogens is 246 g/mol. The first kappa shape index (κ1) is 12.9. The third kappa shape index (κ3) is 2.66. The maximum atomic E-state index is 11.6. The predicted octanol–water partition coefficient (Wildman–Crippen LogP) is 2.42. The topological polar surface area (TPSA) is 78.9 Å². The minimum Gasteiger partial charge on any atom is -0.324 e. The van der Waals surface area contributed by atoms with Crippen LogP contribution in [0.1, 0.15) is 31.4 Å². The summed E-state index contributed by atoms with van der Waals surface area (Å²) in [6, 6.07) is 7.80. The summed E-state index contributed by atoms with van der Waals surface area (Å²) in [6.07, 6.45) is 1.07. The second kappa shape index (κ2) is 5.42. The SMILES string of the molecule is CC1Sc2ccc(C(N)CCC#N)cc2NC1=O. The Bertz CT molecular complexity index is 509. The first-order chi connectivity index (χ1) is 8.61. The Labute approximate surface area is 111 Å². The normalized spacial score (nSPS) is 19.6. The van der Waals surface area contributed by atoms with Crippen molar-refractivity contribution < 1.29 is 4.79 Å². The van der Waals surface area contributed by atoms with Crippen molar-refractivity contribution in [3.05, 3.63) is 23.8 Å². The van der Waals surface area contributed by atoms with Crippen LogP contribution in [0, 0.1) is 11.3 Å². The van der Waals surface area contributed by atoms with Crippen molar-refractivity contribution in [3.8, 4) is 6.07 Å². The van der Waals surface area contributed by atoms with Gasteiger partial charge in [0.25, 0.3) is 0 Å². The van der Waals surface area contributed by atoms with E-state index >= 15 is 0 Å². The fraction of sp³-hybridized carbons (Fsp3) is 0.385. The van der Waals surface area contributed by atoms with Gasteiger partial charge in [-0.05, 0) is 31.0 Å². The largest absolute Gasteiger partial charge is 0.324 e. The monoisotopic (exact) mass is 261 g/mol. The summed E-state index contributed by atoms with van der Waals surface area (Å²) < 4.78 is 0. The molecule has 0 fully saturated rings. The van der Waals surface area contributed by atoms with Crippen LogP contribution in [0.25, 0.3) is 0 Å². The molecule has 18 heavy (non-hydrogen) atoms. The lowest BCUT2D eigenvalue weighted by molar-refractivity contribution is -0.115. The molecule has 2 rings (SSSR count). The van der Waals surface area contributed by atoms with Gasteiger partial charge in [0.05, 0.1) is 17.0 Å². The molecule has 1 aromatic rings. The van der Waals surface area contributed by atoms with Gasteiger partial charge in [0, 0.05) is 17.4 Å². The zero-order chi connectivity index (χ0) is 13.1. The quantitative estimate of drug-likeness (QED) is 0.875. The molecule has 3 N–H and O–H groups in total. The summed E-state index contributed by atoms with van der Waals surface area (Å²) in [5, 5.41) is 11.4. The number of nitrogens with zero attached hydrogens (tertiary/aromatic N) is 1. The van der Waals surface area contributed by atoms with E-state index < -0.39 is 0 Å². The summed E-state index contributed by atoms with van der Waals surface area (Å²) >= 11 is 1.55. The molecule has 0 saturated heterocycles. The lowest BCUT2D eigenvalue weighted by Gasteiger charge is -2.22. The Balaban J connectivity index is 2.20. The zero-order valence-electron chi connectivity index (χ0n) is 10.1. The number of carbonyl (C=O) groups is 1. The number of nitrogens with two attached hydrogens (primary N) is 1. The van der Waals surface area contributed by atoms with E-state index in [0.29, 0.717) is 12.8 Å². The van der Waals surface area contributed by atoms with Crippen LogP contribution in [0.3, 0.4) is 0 Å². The molecule has 2 atom stereocenters. The van der Waals surface area contributed by atoms with Crippen LogP contribution in [-0.4, -0.2) is 11.2 Å². The molecule has 0 saturated carbocycles. The molecule has 1 aliphatic heterocycles. The Morgan fingerprint density at radius 2 is 2.39 bits per heavy atom. The van der Waals surface area contributed by atoms with Crippen LogP contribution >= 0.6 is 11.8 Å². The average molecular weight is 261 g/mol. The van der Waals surface area contributed by atoms with Gasteiger partial charge in [-0.2, -0.15) is 5.26 Å². The molecule has 1 amide bonds. The first-order valence-electron chi connectivity index (χ1n) is 5.86. The molecule has 0 aromatic heterocycles. The molecule has 0 radical (unpaired) electrons. The summed E-state index contributed by atoms with van der Waals surface area (Å²) in [5.74, 6) is 0.0234. The molecule has 4 nitrogen and oxygen atoms in total. The third-order valence-corrected chi connectivity index (χ3v) is 4.11. The summed E-state index contributed by atoms with van der Waals surface area (Å²) in [7, 11) is 0. The highest BCUT2D eigenvalue weighted by molar-refractivity contribution is 8.00. The van der Waals surface area contributed by atoms with E-state index in [1.807, 2.05) is 25.1 Å². The number of carbonyl (C=O) groups excluding carboxylic acids is 1. The number of amides is 1. The van der Waals surface area contributed by atoms with Gasteiger partial charge in [0.2, 0.25) is 5.91 Å². The molecule has 0 aliphatic carbocycles. The van der Waals surface area contributed by atoms with Gasteiger partial charge in [-0.25, -0.2) is 0 Å². The first-order valence-corrected chi connectivity index (χ1v) is 6.74. The predicted molar refractivity (Wildman–Crippen MR) is 72.2 cm³/mol. The Kier molecular flexibility index (Phi) is 3.90. The number of anilines is 1. The Morgan fingerprint density at radius 1 is 1.61 bits per heavy atom. The number of benzene rings is 1. The fourth-order valence-corrected chi connectivity index (χ4v) is 2.77. The lowest BCUT2D eigenvalue weighted by Crippen LogP contribution is -2.26. The molecule has 1 aliphatic rings. The van der Waals surface area contributed by atoms with Gasteiger partial charge in [0.1, 0.15) is 0 Å². The second-order valence-corrected chi connectivity index (χ2v) is 5.69. The molecule has 5 heteroatoms. The maximum Gasteiger partial charge on any atom is 0.237 e. The van der Waals surface area contributed by atoms with Crippen LogP contribution in [0.2, 0.25) is 0 Å². The highest BCUT2D eigenvalue weighted by Gasteiger charge is 2.23. The number of thioether (sulfide) groups is 1. The second-order valence-electron chi connectivity index (χ2n) is 4.31. The van der Waals surface area contributed by atoms with Gasteiger partial charge in [-0.3, -0.25) is 4.79 Å². The fourth-order valence-electron chi connectivity index (χ4n) is 1.84. The van der Waals surface area contributed by atoms with E-state index in [0.717, 1.165) is 16.1 Å². The number of fused-ring (bicyclic) bond motifs is 1. The summed E-state index contributed by atoms with van der Waals surface area (Å²) in [6.45, 7) is 1.88.